The Morgan fingerprint density at radius 2 is 1.89 bits per heavy atom. The maximum Gasteiger partial charge on any atom is 0.272 e. The Kier molecular flexibility index (Phi) is 8.84. The number of phenols is 1. The van der Waals surface area contributed by atoms with Gasteiger partial charge in [0.25, 0.3) is 5.91 Å². The van der Waals surface area contributed by atoms with Crippen molar-refractivity contribution in [2.75, 3.05) is 26.3 Å². The molecule has 0 spiro atoms. The van der Waals surface area contributed by atoms with Crippen molar-refractivity contribution >= 4 is 11.8 Å². The van der Waals surface area contributed by atoms with Crippen LogP contribution in [0.15, 0.2) is 48.5 Å². The van der Waals surface area contributed by atoms with Crippen molar-refractivity contribution < 1.29 is 19.4 Å². The van der Waals surface area contributed by atoms with Gasteiger partial charge in [-0.2, -0.15) is 5.10 Å². The van der Waals surface area contributed by atoms with Crippen molar-refractivity contribution in [2.45, 2.75) is 58.4 Å². The fraction of sp³-hybridized carbons (Fsp3) is 0.433. The number of aromatic amines is 1. The number of aryl methyl sites for hydroxylation is 1. The highest BCUT2D eigenvalue weighted by Crippen LogP contribution is 2.36. The van der Waals surface area contributed by atoms with Gasteiger partial charge in [0.05, 0.1) is 13.2 Å². The first-order chi connectivity index (χ1) is 18.2. The molecular weight excluding hydrogens is 480 g/mol. The van der Waals surface area contributed by atoms with E-state index in [9.17, 15) is 14.7 Å². The second-order valence-electron chi connectivity index (χ2n) is 10.6. The number of benzene rings is 2. The van der Waals surface area contributed by atoms with Gasteiger partial charge in [0.15, 0.2) is 0 Å². The first-order valence-corrected chi connectivity index (χ1v) is 13.3. The standard InChI is InChI=1S/C30H38N4O4/c1-21-17-26(33-32-21)29(37)31-20-22-7-6-8-23(18-22)25-11-10-24(19-27(25)35)30(2,3)12-5-4-9-28(36)34-13-15-38-16-14-34/h6-8,10-11,17-19,35H,4-5,9,12-16,20H2,1-3H3,(H,31,37)(H,32,33). The lowest BCUT2D eigenvalue weighted by Crippen LogP contribution is -2.40. The molecule has 202 valence electrons. The Morgan fingerprint density at radius 1 is 1.11 bits per heavy atom. The van der Waals surface area contributed by atoms with Crippen LogP contribution in [-0.2, 0) is 21.5 Å². The Hall–Kier alpha value is -3.65. The Morgan fingerprint density at radius 3 is 2.61 bits per heavy atom. The summed E-state index contributed by atoms with van der Waals surface area (Å²) in [6.07, 6.45) is 3.29. The predicted octanol–water partition coefficient (Wildman–Crippen LogP) is 4.72. The molecule has 0 unspecified atom stereocenters. The minimum Gasteiger partial charge on any atom is -0.507 e. The lowest BCUT2D eigenvalue weighted by molar-refractivity contribution is -0.135. The summed E-state index contributed by atoms with van der Waals surface area (Å²) in [4.78, 5) is 26.6. The summed E-state index contributed by atoms with van der Waals surface area (Å²) in [6, 6.07) is 15.4. The second-order valence-corrected chi connectivity index (χ2v) is 10.6. The zero-order chi connectivity index (χ0) is 27.1. The Labute approximate surface area is 224 Å². The van der Waals surface area contributed by atoms with Crippen LogP contribution < -0.4 is 5.32 Å². The van der Waals surface area contributed by atoms with E-state index < -0.39 is 0 Å². The van der Waals surface area contributed by atoms with Gasteiger partial charge in [0.2, 0.25) is 5.91 Å². The summed E-state index contributed by atoms with van der Waals surface area (Å²) < 4.78 is 5.32. The number of carbonyl (C=O) groups is 2. The predicted molar refractivity (Wildman–Crippen MR) is 147 cm³/mol. The number of morpholine rings is 1. The number of phenolic OH excluding ortho intramolecular Hbond substituents is 1. The van der Waals surface area contributed by atoms with E-state index in [1.807, 2.05) is 48.2 Å². The van der Waals surface area contributed by atoms with Gasteiger partial charge in [-0.25, -0.2) is 0 Å². The molecule has 2 amide bonds. The molecule has 1 aliphatic rings. The molecule has 0 radical (unpaired) electrons. The minimum absolute atomic E-state index is 0.130. The lowest BCUT2D eigenvalue weighted by atomic mass is 9.79. The highest BCUT2D eigenvalue weighted by molar-refractivity contribution is 5.92. The summed E-state index contributed by atoms with van der Waals surface area (Å²) in [5.41, 5.74) is 4.69. The van der Waals surface area contributed by atoms with Crippen LogP contribution in [0.1, 0.15) is 66.8 Å². The van der Waals surface area contributed by atoms with Crippen molar-refractivity contribution in [3.8, 4) is 16.9 Å². The molecule has 2 aromatic carbocycles. The molecule has 2 heterocycles. The molecule has 0 atom stereocenters. The zero-order valence-electron chi connectivity index (χ0n) is 22.5. The van der Waals surface area contributed by atoms with Crippen LogP contribution >= 0.6 is 0 Å². The van der Waals surface area contributed by atoms with Crippen LogP contribution in [0.2, 0.25) is 0 Å². The van der Waals surface area contributed by atoms with Gasteiger partial charge >= 0.3 is 0 Å². The highest BCUT2D eigenvalue weighted by Gasteiger charge is 2.23. The highest BCUT2D eigenvalue weighted by atomic mass is 16.5. The fourth-order valence-electron chi connectivity index (χ4n) is 4.81. The largest absolute Gasteiger partial charge is 0.507 e. The van der Waals surface area contributed by atoms with Gasteiger partial charge in [-0.3, -0.25) is 14.7 Å². The number of hydrogen-bond acceptors (Lipinski definition) is 5. The molecule has 1 aliphatic heterocycles. The van der Waals surface area contributed by atoms with Gasteiger partial charge in [0, 0.05) is 37.3 Å². The molecule has 1 saturated heterocycles. The molecule has 0 aliphatic carbocycles. The maximum absolute atomic E-state index is 12.4. The van der Waals surface area contributed by atoms with Crippen molar-refractivity contribution in [1.82, 2.24) is 20.4 Å². The van der Waals surface area contributed by atoms with Crippen molar-refractivity contribution in [1.29, 1.82) is 0 Å². The quantitative estimate of drug-likeness (QED) is 0.337. The number of aromatic nitrogens is 2. The molecule has 0 bridgehead atoms. The van der Waals surface area contributed by atoms with E-state index in [-0.39, 0.29) is 23.0 Å². The Bertz CT molecular complexity index is 1260. The first kappa shape index (κ1) is 27.4. The van der Waals surface area contributed by atoms with E-state index >= 15 is 0 Å². The first-order valence-electron chi connectivity index (χ1n) is 13.3. The van der Waals surface area contributed by atoms with E-state index in [0.29, 0.717) is 45.0 Å². The monoisotopic (exact) mass is 518 g/mol. The average Bonchev–Trinajstić information content (AvgIpc) is 3.36. The van der Waals surface area contributed by atoms with Crippen molar-refractivity contribution in [3.63, 3.8) is 0 Å². The smallest absolute Gasteiger partial charge is 0.272 e. The molecule has 8 heteroatoms. The van der Waals surface area contributed by atoms with Crippen LogP contribution in [0.25, 0.3) is 11.1 Å². The van der Waals surface area contributed by atoms with Crippen LogP contribution in [0.5, 0.6) is 5.75 Å². The van der Waals surface area contributed by atoms with Gasteiger partial charge in [-0.1, -0.05) is 50.6 Å². The maximum atomic E-state index is 12.4. The minimum atomic E-state index is -0.236. The number of H-pyrrole nitrogens is 1. The molecule has 1 fully saturated rings. The number of nitrogens with one attached hydrogen (secondary N) is 2. The van der Waals surface area contributed by atoms with Crippen molar-refractivity contribution in [2.24, 2.45) is 0 Å². The number of hydrogen-bond donors (Lipinski definition) is 3. The molecule has 38 heavy (non-hydrogen) atoms. The van der Waals surface area contributed by atoms with Crippen LogP contribution in [0, 0.1) is 6.92 Å². The number of unbranched alkanes of at least 4 members (excludes halogenated alkanes) is 1. The molecule has 4 rings (SSSR count). The SMILES string of the molecule is Cc1cc(C(=O)NCc2cccc(-c3ccc(C(C)(C)CCCCC(=O)N4CCOCC4)cc3O)c2)n[nH]1. The summed E-state index contributed by atoms with van der Waals surface area (Å²) in [5.74, 6) is 0.206. The molecular formula is C30H38N4O4. The third-order valence-corrected chi connectivity index (χ3v) is 7.22. The number of nitrogens with zero attached hydrogens (tertiary/aromatic N) is 2. The van der Waals surface area contributed by atoms with Crippen LogP contribution in [0.4, 0.5) is 0 Å². The third kappa shape index (κ3) is 7.01. The second kappa shape index (κ2) is 12.3. The fourth-order valence-corrected chi connectivity index (χ4v) is 4.81. The number of amides is 2. The van der Waals surface area contributed by atoms with Crippen LogP contribution in [-0.4, -0.2) is 58.3 Å². The summed E-state index contributed by atoms with van der Waals surface area (Å²) in [7, 11) is 0. The summed E-state index contributed by atoms with van der Waals surface area (Å²) in [6.45, 7) is 9.21. The van der Waals surface area contributed by atoms with E-state index in [0.717, 1.165) is 47.2 Å². The van der Waals surface area contributed by atoms with Gasteiger partial charge in [-0.05, 0) is 60.1 Å². The normalized spacial score (nSPS) is 13.9. The van der Waals surface area contributed by atoms with E-state index in [2.05, 4.69) is 35.4 Å². The number of rotatable bonds is 10. The van der Waals surface area contributed by atoms with E-state index in [4.69, 9.17) is 4.74 Å². The van der Waals surface area contributed by atoms with E-state index in [1.165, 1.54) is 0 Å². The summed E-state index contributed by atoms with van der Waals surface area (Å²) >= 11 is 0. The third-order valence-electron chi connectivity index (χ3n) is 7.22. The lowest BCUT2D eigenvalue weighted by Gasteiger charge is -2.28. The zero-order valence-corrected chi connectivity index (χ0v) is 22.5. The van der Waals surface area contributed by atoms with Crippen molar-refractivity contribution in [3.05, 3.63) is 71.0 Å². The molecule has 0 saturated carbocycles. The number of carbonyl (C=O) groups excluding carboxylic acids is 2. The summed E-state index contributed by atoms with van der Waals surface area (Å²) in [5, 5.41) is 20.6. The van der Waals surface area contributed by atoms with Crippen LogP contribution in [0.3, 0.4) is 0 Å². The molecule has 3 N–H and O–H groups in total. The molecule has 8 nitrogen and oxygen atoms in total. The average molecular weight is 519 g/mol. The van der Waals surface area contributed by atoms with Gasteiger partial charge in [0.1, 0.15) is 11.4 Å². The van der Waals surface area contributed by atoms with Gasteiger partial charge < -0.3 is 20.1 Å². The topological polar surface area (TPSA) is 108 Å². The molecule has 3 aromatic rings. The van der Waals surface area contributed by atoms with Gasteiger partial charge in [-0.15, -0.1) is 0 Å². The Balaban J connectivity index is 1.33. The molecule has 1 aromatic heterocycles. The number of ether oxygens (including phenoxy) is 1. The number of aromatic hydroxyl groups is 1. The van der Waals surface area contributed by atoms with E-state index in [1.54, 1.807) is 6.07 Å².